The van der Waals surface area contributed by atoms with Crippen LogP contribution in [-0.4, -0.2) is 49.1 Å². The average Bonchev–Trinajstić information content (AvgIpc) is 2.29. The number of nitrogens with two attached hydrogens (primary N) is 1. The zero-order valence-corrected chi connectivity index (χ0v) is 9.89. The van der Waals surface area contributed by atoms with Crippen LogP contribution in [0.3, 0.4) is 0 Å². The lowest BCUT2D eigenvalue weighted by Gasteiger charge is -2.21. The first-order chi connectivity index (χ1) is 8.06. The molecular weight excluding hydrogens is 225 g/mol. The minimum Gasteiger partial charge on any atom is -0.383 e. The van der Waals surface area contributed by atoms with Gasteiger partial charge in [0.25, 0.3) is 5.91 Å². The van der Waals surface area contributed by atoms with Gasteiger partial charge in [-0.25, -0.2) is 4.39 Å². The van der Waals surface area contributed by atoms with Gasteiger partial charge in [0.2, 0.25) is 0 Å². The van der Waals surface area contributed by atoms with Crippen LogP contribution in [0.2, 0.25) is 0 Å². The summed E-state index contributed by atoms with van der Waals surface area (Å²) < 4.78 is 18.2. The zero-order chi connectivity index (χ0) is 12.8. The number of hydrogen-bond donors (Lipinski definition) is 1. The number of likely N-dealkylation sites (N-methyl/N-ethyl adjacent to an activating group) is 1. The number of ether oxygens (including phenoxy) is 1. The van der Waals surface area contributed by atoms with E-state index in [1.165, 1.54) is 24.3 Å². The Bertz CT molecular complexity index is 387. The first kappa shape index (κ1) is 13.5. The number of nitrogens with zero attached hydrogens (tertiary/aromatic N) is 2. The molecule has 94 valence electrons. The molecule has 1 atom stereocenters. The SMILES string of the molecule is COCC(N)CN(C)C(=O)c1ccncc1F. The molecule has 0 fully saturated rings. The first-order valence-electron chi connectivity index (χ1n) is 5.15. The third-order valence-corrected chi connectivity index (χ3v) is 2.24. The molecule has 6 heteroatoms. The Morgan fingerprint density at radius 2 is 2.41 bits per heavy atom. The lowest BCUT2D eigenvalue weighted by Crippen LogP contribution is -2.41. The second-order valence-electron chi connectivity index (χ2n) is 3.76. The highest BCUT2D eigenvalue weighted by atomic mass is 19.1. The first-order valence-corrected chi connectivity index (χ1v) is 5.15. The highest BCUT2D eigenvalue weighted by molar-refractivity contribution is 5.94. The quantitative estimate of drug-likeness (QED) is 0.803. The van der Waals surface area contributed by atoms with Crippen LogP contribution in [0.15, 0.2) is 18.5 Å². The molecule has 0 aliphatic heterocycles. The van der Waals surface area contributed by atoms with Crippen LogP contribution in [-0.2, 0) is 4.74 Å². The Morgan fingerprint density at radius 3 is 3.00 bits per heavy atom. The Kier molecular flexibility index (Phi) is 4.99. The van der Waals surface area contributed by atoms with Gasteiger partial charge in [-0.3, -0.25) is 9.78 Å². The molecular formula is C11H16FN3O2. The van der Waals surface area contributed by atoms with Crippen LogP contribution < -0.4 is 5.73 Å². The molecule has 0 saturated carbocycles. The van der Waals surface area contributed by atoms with Gasteiger partial charge in [-0.15, -0.1) is 0 Å². The second-order valence-corrected chi connectivity index (χ2v) is 3.76. The molecule has 17 heavy (non-hydrogen) atoms. The maximum Gasteiger partial charge on any atom is 0.256 e. The molecule has 1 aromatic rings. The van der Waals surface area contributed by atoms with Gasteiger partial charge in [0, 0.05) is 32.9 Å². The summed E-state index contributed by atoms with van der Waals surface area (Å²) in [4.78, 5) is 16.8. The van der Waals surface area contributed by atoms with E-state index in [-0.39, 0.29) is 11.6 Å². The predicted octanol–water partition coefficient (Wildman–Crippen LogP) is 0.266. The smallest absolute Gasteiger partial charge is 0.256 e. The van der Waals surface area contributed by atoms with E-state index in [2.05, 4.69) is 4.98 Å². The summed E-state index contributed by atoms with van der Waals surface area (Å²) in [5, 5.41) is 0. The standard InChI is InChI=1S/C11H16FN3O2/c1-15(6-8(13)7-17-2)11(16)9-3-4-14-5-10(9)12/h3-5,8H,6-7,13H2,1-2H3. The molecule has 1 unspecified atom stereocenters. The molecule has 2 N–H and O–H groups in total. The number of amides is 1. The van der Waals surface area contributed by atoms with Crippen molar-refractivity contribution in [2.45, 2.75) is 6.04 Å². The topological polar surface area (TPSA) is 68.5 Å². The van der Waals surface area contributed by atoms with Crippen molar-refractivity contribution in [1.29, 1.82) is 0 Å². The van der Waals surface area contributed by atoms with E-state index in [4.69, 9.17) is 10.5 Å². The van der Waals surface area contributed by atoms with Gasteiger partial charge in [-0.1, -0.05) is 0 Å². The van der Waals surface area contributed by atoms with Crippen molar-refractivity contribution >= 4 is 5.91 Å². The molecule has 0 radical (unpaired) electrons. The van der Waals surface area contributed by atoms with Crippen molar-refractivity contribution in [3.05, 3.63) is 29.8 Å². The average molecular weight is 241 g/mol. The molecule has 0 spiro atoms. The predicted molar refractivity (Wildman–Crippen MR) is 61.0 cm³/mol. The van der Waals surface area contributed by atoms with E-state index in [0.29, 0.717) is 13.2 Å². The van der Waals surface area contributed by atoms with Crippen LogP contribution in [0, 0.1) is 5.82 Å². The van der Waals surface area contributed by atoms with E-state index in [1.807, 2.05) is 0 Å². The Morgan fingerprint density at radius 1 is 1.71 bits per heavy atom. The minimum absolute atomic E-state index is 0.00730. The summed E-state index contributed by atoms with van der Waals surface area (Å²) in [5.74, 6) is -1.05. The lowest BCUT2D eigenvalue weighted by molar-refractivity contribution is 0.0760. The number of pyridine rings is 1. The van der Waals surface area contributed by atoms with Crippen molar-refractivity contribution < 1.29 is 13.9 Å². The summed E-state index contributed by atoms with van der Waals surface area (Å²) in [6.45, 7) is 0.644. The van der Waals surface area contributed by atoms with Gasteiger partial charge in [0.05, 0.1) is 18.4 Å². The molecule has 0 aliphatic carbocycles. The van der Waals surface area contributed by atoms with Gasteiger partial charge >= 0.3 is 0 Å². The van der Waals surface area contributed by atoms with Gasteiger partial charge in [-0.05, 0) is 6.07 Å². The summed E-state index contributed by atoms with van der Waals surface area (Å²) in [6, 6.07) is 1.05. The van der Waals surface area contributed by atoms with E-state index in [1.54, 1.807) is 7.05 Å². The van der Waals surface area contributed by atoms with Crippen molar-refractivity contribution in [2.75, 3.05) is 27.3 Å². The molecule has 0 saturated heterocycles. The number of halogens is 1. The molecule has 0 aromatic carbocycles. The van der Waals surface area contributed by atoms with Crippen LogP contribution >= 0.6 is 0 Å². The number of hydrogen-bond acceptors (Lipinski definition) is 4. The summed E-state index contributed by atoms with van der Waals surface area (Å²) in [6.07, 6.45) is 2.38. The maximum atomic E-state index is 13.3. The third-order valence-electron chi connectivity index (χ3n) is 2.24. The fraction of sp³-hybridized carbons (Fsp3) is 0.455. The number of carbonyl (C=O) groups is 1. The largest absolute Gasteiger partial charge is 0.383 e. The van der Waals surface area contributed by atoms with E-state index < -0.39 is 11.7 Å². The highest BCUT2D eigenvalue weighted by Gasteiger charge is 2.17. The van der Waals surface area contributed by atoms with E-state index >= 15 is 0 Å². The van der Waals surface area contributed by atoms with Gasteiger partial charge < -0.3 is 15.4 Å². The molecule has 0 bridgehead atoms. The number of aromatic nitrogens is 1. The Labute approximate surface area is 99.4 Å². The zero-order valence-electron chi connectivity index (χ0n) is 9.89. The molecule has 0 aliphatic rings. The normalized spacial score (nSPS) is 12.2. The van der Waals surface area contributed by atoms with Crippen LogP contribution in [0.4, 0.5) is 4.39 Å². The van der Waals surface area contributed by atoms with E-state index in [0.717, 1.165) is 6.20 Å². The van der Waals surface area contributed by atoms with Crippen LogP contribution in [0.25, 0.3) is 0 Å². The van der Waals surface area contributed by atoms with Crippen molar-refractivity contribution in [3.8, 4) is 0 Å². The van der Waals surface area contributed by atoms with E-state index in [9.17, 15) is 9.18 Å². The second kappa shape index (κ2) is 6.27. The Balaban J connectivity index is 2.67. The van der Waals surface area contributed by atoms with Gasteiger partial charge in [0.15, 0.2) is 5.82 Å². The fourth-order valence-corrected chi connectivity index (χ4v) is 1.46. The number of methoxy groups -OCH3 is 1. The third kappa shape index (κ3) is 3.76. The lowest BCUT2D eigenvalue weighted by atomic mass is 10.2. The van der Waals surface area contributed by atoms with Gasteiger partial charge in [0.1, 0.15) is 0 Å². The number of rotatable bonds is 5. The molecule has 5 nitrogen and oxygen atoms in total. The maximum absolute atomic E-state index is 13.3. The molecule has 1 aromatic heterocycles. The Hall–Kier alpha value is -1.53. The summed E-state index contributed by atoms with van der Waals surface area (Å²) >= 11 is 0. The molecule has 1 heterocycles. The highest BCUT2D eigenvalue weighted by Crippen LogP contribution is 2.07. The fourth-order valence-electron chi connectivity index (χ4n) is 1.46. The summed E-state index contributed by atoms with van der Waals surface area (Å²) in [7, 11) is 3.10. The van der Waals surface area contributed by atoms with Crippen LogP contribution in [0.5, 0.6) is 0 Å². The minimum atomic E-state index is -0.635. The van der Waals surface area contributed by atoms with Crippen LogP contribution in [0.1, 0.15) is 10.4 Å². The number of carbonyl (C=O) groups excluding carboxylic acids is 1. The monoisotopic (exact) mass is 241 g/mol. The van der Waals surface area contributed by atoms with Crippen molar-refractivity contribution in [1.82, 2.24) is 9.88 Å². The van der Waals surface area contributed by atoms with Crippen molar-refractivity contribution in [3.63, 3.8) is 0 Å². The van der Waals surface area contributed by atoms with Crippen molar-refractivity contribution in [2.24, 2.45) is 5.73 Å². The summed E-state index contributed by atoms with van der Waals surface area (Å²) in [5.41, 5.74) is 5.71. The van der Waals surface area contributed by atoms with Gasteiger partial charge in [-0.2, -0.15) is 0 Å². The molecule has 1 rings (SSSR count). The molecule has 1 amide bonds.